The molecule has 6 heteroatoms. The average Bonchev–Trinajstić information content (AvgIpc) is 2.56. The molecule has 122 valence electrons. The highest BCUT2D eigenvalue weighted by molar-refractivity contribution is 5.94. The molecule has 3 N–H and O–H groups in total. The van der Waals surface area contributed by atoms with E-state index >= 15 is 0 Å². The third kappa shape index (κ3) is 6.58. The Morgan fingerprint density at radius 1 is 1.27 bits per heavy atom. The van der Waals surface area contributed by atoms with Gasteiger partial charge in [-0.2, -0.15) is 0 Å². The van der Waals surface area contributed by atoms with Crippen LogP contribution in [0.4, 0.5) is 0 Å². The van der Waals surface area contributed by atoms with Crippen molar-refractivity contribution in [3.05, 3.63) is 35.4 Å². The molecule has 0 fully saturated rings. The van der Waals surface area contributed by atoms with Crippen LogP contribution in [0.25, 0.3) is 0 Å². The number of ether oxygens (including phenoxy) is 1. The maximum absolute atomic E-state index is 11.6. The van der Waals surface area contributed by atoms with Gasteiger partial charge in [0.05, 0.1) is 0 Å². The van der Waals surface area contributed by atoms with E-state index in [2.05, 4.69) is 20.9 Å². The fourth-order valence-electron chi connectivity index (χ4n) is 1.98. The second-order valence-corrected chi connectivity index (χ2v) is 4.80. The summed E-state index contributed by atoms with van der Waals surface area (Å²) >= 11 is 0. The van der Waals surface area contributed by atoms with E-state index in [4.69, 9.17) is 4.74 Å². The molecule has 1 rings (SSSR count). The number of amides is 1. The molecule has 1 aromatic carbocycles. The zero-order valence-electron chi connectivity index (χ0n) is 13.6. The van der Waals surface area contributed by atoms with Crippen LogP contribution in [0.1, 0.15) is 22.3 Å². The number of benzene rings is 1. The minimum atomic E-state index is -0.0644. The van der Waals surface area contributed by atoms with Crippen LogP contribution in [0.2, 0.25) is 0 Å². The van der Waals surface area contributed by atoms with Crippen LogP contribution in [0.5, 0.6) is 0 Å². The van der Waals surface area contributed by atoms with E-state index in [1.54, 1.807) is 21.2 Å². The van der Waals surface area contributed by atoms with Crippen molar-refractivity contribution >= 4 is 11.9 Å². The van der Waals surface area contributed by atoms with Gasteiger partial charge in [-0.3, -0.25) is 9.79 Å². The summed E-state index contributed by atoms with van der Waals surface area (Å²) in [7, 11) is 5.08. The van der Waals surface area contributed by atoms with E-state index in [0.717, 1.165) is 44.1 Å². The SMILES string of the molecule is CN=C(NCCCOC)NCCc1cccc(C(=O)NC)c1. The van der Waals surface area contributed by atoms with Gasteiger partial charge in [0, 0.05) is 46.5 Å². The van der Waals surface area contributed by atoms with Crippen molar-refractivity contribution < 1.29 is 9.53 Å². The van der Waals surface area contributed by atoms with Gasteiger partial charge in [-0.1, -0.05) is 12.1 Å². The lowest BCUT2D eigenvalue weighted by Gasteiger charge is -2.12. The van der Waals surface area contributed by atoms with Crippen LogP contribution >= 0.6 is 0 Å². The molecule has 0 aliphatic heterocycles. The van der Waals surface area contributed by atoms with Gasteiger partial charge >= 0.3 is 0 Å². The molecular weight excluding hydrogens is 280 g/mol. The lowest BCUT2D eigenvalue weighted by molar-refractivity contribution is 0.0963. The van der Waals surface area contributed by atoms with E-state index in [1.165, 1.54) is 0 Å². The van der Waals surface area contributed by atoms with Gasteiger partial charge in [-0.15, -0.1) is 0 Å². The van der Waals surface area contributed by atoms with E-state index in [-0.39, 0.29) is 5.91 Å². The van der Waals surface area contributed by atoms with E-state index in [0.29, 0.717) is 5.56 Å². The van der Waals surface area contributed by atoms with Gasteiger partial charge in [-0.05, 0) is 30.5 Å². The number of aliphatic imine (C=N–C) groups is 1. The largest absolute Gasteiger partial charge is 0.385 e. The summed E-state index contributed by atoms with van der Waals surface area (Å²) in [4.78, 5) is 15.8. The number of nitrogens with zero attached hydrogens (tertiary/aromatic N) is 1. The number of carbonyl (C=O) groups excluding carboxylic acids is 1. The first-order valence-corrected chi connectivity index (χ1v) is 7.45. The summed E-state index contributed by atoms with van der Waals surface area (Å²) in [6, 6.07) is 7.64. The molecule has 0 radical (unpaired) electrons. The van der Waals surface area contributed by atoms with Crippen LogP contribution in [0.3, 0.4) is 0 Å². The molecule has 0 unspecified atom stereocenters. The predicted molar refractivity (Wildman–Crippen MR) is 89.4 cm³/mol. The molecule has 0 atom stereocenters. The second-order valence-electron chi connectivity index (χ2n) is 4.80. The van der Waals surface area contributed by atoms with Crippen LogP contribution in [-0.4, -0.2) is 52.8 Å². The molecule has 0 spiro atoms. The number of methoxy groups -OCH3 is 1. The number of carbonyl (C=O) groups is 1. The number of rotatable bonds is 8. The highest BCUT2D eigenvalue weighted by Gasteiger charge is 2.04. The molecule has 0 saturated carbocycles. The molecule has 0 saturated heterocycles. The van der Waals surface area contributed by atoms with Gasteiger partial charge in [-0.25, -0.2) is 0 Å². The second kappa shape index (κ2) is 10.6. The van der Waals surface area contributed by atoms with E-state index in [9.17, 15) is 4.79 Å². The summed E-state index contributed by atoms with van der Waals surface area (Å²) in [6.45, 7) is 2.30. The van der Waals surface area contributed by atoms with E-state index in [1.807, 2.05) is 24.3 Å². The van der Waals surface area contributed by atoms with Crippen LogP contribution < -0.4 is 16.0 Å². The molecule has 1 amide bonds. The fourth-order valence-corrected chi connectivity index (χ4v) is 1.98. The number of guanidine groups is 1. The molecule has 0 bridgehead atoms. The lowest BCUT2D eigenvalue weighted by atomic mass is 10.1. The van der Waals surface area contributed by atoms with Crippen molar-refractivity contribution in [2.24, 2.45) is 4.99 Å². The Labute approximate surface area is 132 Å². The Balaban J connectivity index is 2.38. The van der Waals surface area contributed by atoms with Gasteiger partial charge in [0.25, 0.3) is 5.91 Å². The number of hydrogen-bond acceptors (Lipinski definition) is 3. The Morgan fingerprint density at radius 3 is 2.73 bits per heavy atom. The number of nitrogens with one attached hydrogen (secondary N) is 3. The normalized spacial score (nSPS) is 11.1. The third-order valence-corrected chi connectivity index (χ3v) is 3.16. The monoisotopic (exact) mass is 306 g/mol. The van der Waals surface area contributed by atoms with Gasteiger partial charge in [0.1, 0.15) is 0 Å². The highest BCUT2D eigenvalue weighted by atomic mass is 16.5. The van der Waals surface area contributed by atoms with Crippen LogP contribution in [-0.2, 0) is 11.2 Å². The van der Waals surface area contributed by atoms with Crippen LogP contribution in [0.15, 0.2) is 29.3 Å². The minimum Gasteiger partial charge on any atom is -0.385 e. The molecule has 0 aliphatic rings. The first kappa shape index (κ1) is 18.0. The first-order valence-electron chi connectivity index (χ1n) is 7.45. The Bertz CT molecular complexity index is 489. The predicted octanol–water partition coefficient (Wildman–Crippen LogP) is 0.790. The van der Waals surface area contributed by atoms with Crippen molar-refractivity contribution in [1.29, 1.82) is 0 Å². The molecule has 6 nitrogen and oxygen atoms in total. The fraction of sp³-hybridized carbons (Fsp3) is 0.500. The molecule has 1 aromatic rings. The standard InChI is InChI=1S/C16H26N4O2/c1-17-15(21)14-7-4-6-13(12-14)8-10-20-16(18-2)19-9-5-11-22-3/h4,6-7,12H,5,8-11H2,1-3H3,(H,17,21)(H2,18,19,20). The zero-order valence-corrected chi connectivity index (χ0v) is 13.6. The molecule has 0 heterocycles. The Morgan fingerprint density at radius 2 is 2.05 bits per heavy atom. The van der Waals surface area contributed by atoms with Crippen LogP contribution in [0, 0.1) is 0 Å². The van der Waals surface area contributed by atoms with Crippen molar-refractivity contribution in [3.8, 4) is 0 Å². The van der Waals surface area contributed by atoms with E-state index < -0.39 is 0 Å². The van der Waals surface area contributed by atoms with Crippen molar-refractivity contribution in [3.63, 3.8) is 0 Å². The Kier molecular flexibility index (Phi) is 8.67. The summed E-state index contributed by atoms with van der Waals surface area (Å²) < 4.78 is 5.00. The molecule has 22 heavy (non-hydrogen) atoms. The highest BCUT2D eigenvalue weighted by Crippen LogP contribution is 2.05. The lowest BCUT2D eigenvalue weighted by Crippen LogP contribution is -2.39. The molecule has 0 aromatic heterocycles. The summed E-state index contributed by atoms with van der Waals surface area (Å²) in [5, 5.41) is 9.11. The summed E-state index contributed by atoms with van der Waals surface area (Å²) in [5.41, 5.74) is 1.80. The number of hydrogen-bond donors (Lipinski definition) is 3. The van der Waals surface area contributed by atoms with Crippen molar-refractivity contribution in [2.75, 3.05) is 40.9 Å². The van der Waals surface area contributed by atoms with Crippen molar-refractivity contribution in [1.82, 2.24) is 16.0 Å². The third-order valence-electron chi connectivity index (χ3n) is 3.16. The minimum absolute atomic E-state index is 0.0644. The smallest absolute Gasteiger partial charge is 0.251 e. The quantitative estimate of drug-likeness (QED) is 0.377. The van der Waals surface area contributed by atoms with Gasteiger partial charge in [0.15, 0.2) is 5.96 Å². The summed E-state index contributed by atoms with van der Waals surface area (Å²) in [6.07, 6.45) is 1.76. The Hall–Kier alpha value is -2.08. The molecule has 0 aliphatic carbocycles. The first-order chi connectivity index (χ1) is 10.7. The summed E-state index contributed by atoms with van der Waals surface area (Å²) in [5.74, 6) is 0.712. The topological polar surface area (TPSA) is 74.8 Å². The van der Waals surface area contributed by atoms with Crippen molar-refractivity contribution in [2.45, 2.75) is 12.8 Å². The molecular formula is C16H26N4O2. The average molecular weight is 306 g/mol. The maximum atomic E-state index is 11.6. The van der Waals surface area contributed by atoms with Gasteiger partial charge < -0.3 is 20.7 Å². The zero-order chi connectivity index (χ0) is 16.2. The van der Waals surface area contributed by atoms with Gasteiger partial charge in [0.2, 0.25) is 0 Å². The maximum Gasteiger partial charge on any atom is 0.251 e.